The van der Waals surface area contributed by atoms with Crippen molar-refractivity contribution < 1.29 is 4.79 Å². The molecule has 1 aliphatic carbocycles. The second kappa shape index (κ2) is 5.68. The van der Waals surface area contributed by atoms with Gasteiger partial charge in [0.25, 0.3) is 5.91 Å². The number of aryl methyl sites for hydroxylation is 1. The Labute approximate surface area is 129 Å². The predicted octanol–water partition coefficient (Wildman–Crippen LogP) is 4.10. The number of hydrogen-bond donors (Lipinski definition) is 2. The minimum atomic E-state index is -0.00884. The highest BCUT2D eigenvalue weighted by Gasteiger charge is 2.23. The van der Waals surface area contributed by atoms with Crippen molar-refractivity contribution in [3.8, 4) is 0 Å². The van der Waals surface area contributed by atoms with Gasteiger partial charge in [-0.3, -0.25) is 4.79 Å². The summed E-state index contributed by atoms with van der Waals surface area (Å²) in [5.41, 5.74) is 7.99. The lowest BCUT2D eigenvalue weighted by Gasteiger charge is -2.27. The predicted molar refractivity (Wildman–Crippen MR) is 89.9 cm³/mol. The number of carbonyl (C=O) groups excluding carboxylic acids is 1. The van der Waals surface area contributed by atoms with E-state index in [9.17, 15) is 4.79 Å². The molecule has 2 unspecified atom stereocenters. The molecule has 3 N–H and O–H groups in total. The maximum absolute atomic E-state index is 12.5. The standard InChI is InChI=1S/C17H22N2OS/c1-10-4-3-5-12(8-10)19-17(20)16-15(18)13-7-6-11(2)9-14(13)21-16/h6-7,9-10,12H,3-5,8,18H2,1-2H3,(H,19,20). The van der Waals surface area contributed by atoms with Crippen molar-refractivity contribution in [2.24, 2.45) is 5.92 Å². The van der Waals surface area contributed by atoms with Crippen molar-refractivity contribution in [1.82, 2.24) is 5.32 Å². The first-order valence-corrected chi connectivity index (χ1v) is 8.45. The summed E-state index contributed by atoms with van der Waals surface area (Å²) < 4.78 is 1.09. The minimum Gasteiger partial charge on any atom is -0.397 e. The highest BCUT2D eigenvalue weighted by Crippen LogP contribution is 2.34. The molecular weight excluding hydrogens is 280 g/mol. The molecule has 1 saturated carbocycles. The van der Waals surface area contributed by atoms with Gasteiger partial charge in [0.05, 0.1) is 5.69 Å². The molecule has 3 rings (SSSR count). The van der Waals surface area contributed by atoms with Gasteiger partial charge in [-0.1, -0.05) is 31.9 Å². The van der Waals surface area contributed by atoms with Gasteiger partial charge in [0.15, 0.2) is 0 Å². The summed E-state index contributed by atoms with van der Waals surface area (Å²) in [5.74, 6) is 0.692. The van der Waals surface area contributed by atoms with Crippen LogP contribution in [0, 0.1) is 12.8 Å². The largest absolute Gasteiger partial charge is 0.397 e. The van der Waals surface area contributed by atoms with Crippen molar-refractivity contribution in [1.29, 1.82) is 0 Å². The Kier molecular flexibility index (Phi) is 3.89. The number of fused-ring (bicyclic) bond motifs is 1. The average Bonchev–Trinajstić information content (AvgIpc) is 2.75. The summed E-state index contributed by atoms with van der Waals surface area (Å²) in [6.45, 7) is 4.31. The van der Waals surface area contributed by atoms with Crippen molar-refractivity contribution in [3.63, 3.8) is 0 Å². The molecule has 1 fully saturated rings. The Balaban J connectivity index is 1.82. The molecule has 0 spiro atoms. The summed E-state index contributed by atoms with van der Waals surface area (Å²) >= 11 is 1.50. The van der Waals surface area contributed by atoms with Crippen LogP contribution >= 0.6 is 11.3 Å². The van der Waals surface area contributed by atoms with E-state index in [1.165, 1.54) is 29.7 Å². The summed E-state index contributed by atoms with van der Waals surface area (Å²) in [5, 5.41) is 4.17. The van der Waals surface area contributed by atoms with E-state index in [1.54, 1.807) is 0 Å². The lowest BCUT2D eigenvalue weighted by atomic mass is 9.87. The number of amides is 1. The monoisotopic (exact) mass is 302 g/mol. The highest BCUT2D eigenvalue weighted by atomic mass is 32.1. The fourth-order valence-electron chi connectivity index (χ4n) is 3.21. The van der Waals surface area contributed by atoms with Crippen LogP contribution in [0.15, 0.2) is 18.2 Å². The van der Waals surface area contributed by atoms with E-state index in [0.717, 1.165) is 22.9 Å². The molecule has 2 atom stereocenters. The number of rotatable bonds is 2. The molecule has 1 heterocycles. The van der Waals surface area contributed by atoms with Gasteiger partial charge in [0.1, 0.15) is 4.88 Å². The topological polar surface area (TPSA) is 55.1 Å². The number of carbonyl (C=O) groups is 1. The van der Waals surface area contributed by atoms with Crippen LogP contribution in [0.1, 0.15) is 47.8 Å². The first kappa shape index (κ1) is 14.4. The molecule has 2 aromatic rings. The summed E-state index contributed by atoms with van der Waals surface area (Å²) in [6.07, 6.45) is 4.64. The first-order chi connectivity index (χ1) is 10.0. The highest BCUT2D eigenvalue weighted by molar-refractivity contribution is 7.21. The number of anilines is 1. The Morgan fingerprint density at radius 2 is 2.19 bits per heavy atom. The number of hydrogen-bond acceptors (Lipinski definition) is 3. The van der Waals surface area contributed by atoms with Crippen molar-refractivity contribution in [2.45, 2.75) is 45.6 Å². The Morgan fingerprint density at radius 1 is 1.38 bits per heavy atom. The van der Waals surface area contributed by atoms with Crippen LogP contribution in [-0.2, 0) is 0 Å². The Hall–Kier alpha value is -1.55. The second-order valence-electron chi connectivity index (χ2n) is 6.29. The number of nitrogens with one attached hydrogen (secondary N) is 1. The summed E-state index contributed by atoms with van der Waals surface area (Å²) in [4.78, 5) is 13.2. The van der Waals surface area contributed by atoms with Gasteiger partial charge < -0.3 is 11.1 Å². The van der Waals surface area contributed by atoms with Gasteiger partial charge >= 0.3 is 0 Å². The van der Waals surface area contributed by atoms with Gasteiger partial charge in [-0.2, -0.15) is 0 Å². The van der Waals surface area contributed by atoms with E-state index in [1.807, 2.05) is 12.1 Å². The lowest BCUT2D eigenvalue weighted by molar-refractivity contribution is 0.0926. The fraction of sp³-hybridized carbons (Fsp3) is 0.471. The third kappa shape index (κ3) is 2.91. The molecule has 112 valence electrons. The van der Waals surface area contributed by atoms with Crippen LogP contribution in [0.3, 0.4) is 0 Å². The number of nitrogens with two attached hydrogens (primary N) is 1. The molecule has 0 radical (unpaired) electrons. The van der Waals surface area contributed by atoms with Crippen LogP contribution in [0.25, 0.3) is 10.1 Å². The number of nitrogen functional groups attached to an aromatic ring is 1. The van der Waals surface area contributed by atoms with E-state index in [4.69, 9.17) is 5.73 Å². The van der Waals surface area contributed by atoms with Gasteiger partial charge in [0, 0.05) is 16.1 Å². The van der Waals surface area contributed by atoms with Crippen molar-refractivity contribution >= 4 is 33.0 Å². The molecule has 1 amide bonds. The molecule has 1 aromatic heterocycles. The molecule has 0 bridgehead atoms. The van der Waals surface area contributed by atoms with Crippen LogP contribution in [0.4, 0.5) is 5.69 Å². The van der Waals surface area contributed by atoms with Crippen LogP contribution in [0.2, 0.25) is 0 Å². The molecule has 21 heavy (non-hydrogen) atoms. The molecule has 1 aliphatic rings. The molecule has 0 saturated heterocycles. The van der Waals surface area contributed by atoms with Gasteiger partial charge in [0.2, 0.25) is 0 Å². The average molecular weight is 302 g/mol. The van der Waals surface area contributed by atoms with E-state index >= 15 is 0 Å². The zero-order valence-electron chi connectivity index (χ0n) is 12.6. The van der Waals surface area contributed by atoms with E-state index in [0.29, 0.717) is 22.5 Å². The van der Waals surface area contributed by atoms with Crippen LogP contribution < -0.4 is 11.1 Å². The normalized spacial score (nSPS) is 22.4. The molecule has 3 nitrogen and oxygen atoms in total. The van der Waals surface area contributed by atoms with Crippen molar-refractivity contribution in [3.05, 3.63) is 28.6 Å². The zero-order chi connectivity index (χ0) is 15.0. The Morgan fingerprint density at radius 3 is 2.95 bits per heavy atom. The van der Waals surface area contributed by atoms with Gasteiger partial charge in [-0.05, 0) is 37.3 Å². The first-order valence-electron chi connectivity index (χ1n) is 7.64. The molecule has 1 aromatic carbocycles. The minimum absolute atomic E-state index is 0.00884. The SMILES string of the molecule is Cc1ccc2c(N)c(C(=O)NC3CCCC(C)C3)sc2c1. The maximum Gasteiger partial charge on any atom is 0.263 e. The van der Waals surface area contributed by atoms with E-state index in [-0.39, 0.29) is 5.91 Å². The maximum atomic E-state index is 12.5. The second-order valence-corrected chi connectivity index (χ2v) is 7.34. The lowest BCUT2D eigenvalue weighted by Crippen LogP contribution is -2.37. The van der Waals surface area contributed by atoms with Crippen molar-refractivity contribution in [2.75, 3.05) is 5.73 Å². The van der Waals surface area contributed by atoms with Crippen LogP contribution in [-0.4, -0.2) is 11.9 Å². The van der Waals surface area contributed by atoms with Gasteiger partial charge in [-0.15, -0.1) is 11.3 Å². The smallest absolute Gasteiger partial charge is 0.263 e. The number of benzene rings is 1. The fourth-order valence-corrected chi connectivity index (χ4v) is 4.33. The van der Waals surface area contributed by atoms with E-state index < -0.39 is 0 Å². The summed E-state index contributed by atoms with van der Waals surface area (Å²) in [6, 6.07) is 6.44. The molecular formula is C17H22N2OS. The summed E-state index contributed by atoms with van der Waals surface area (Å²) in [7, 11) is 0. The van der Waals surface area contributed by atoms with E-state index in [2.05, 4.69) is 25.2 Å². The Bertz CT molecular complexity index is 677. The van der Waals surface area contributed by atoms with Crippen LogP contribution in [0.5, 0.6) is 0 Å². The van der Waals surface area contributed by atoms with Gasteiger partial charge in [-0.25, -0.2) is 0 Å². The zero-order valence-corrected chi connectivity index (χ0v) is 13.4. The quantitative estimate of drug-likeness (QED) is 0.877. The third-order valence-corrected chi connectivity index (χ3v) is 5.53. The molecule has 4 heteroatoms. The third-order valence-electron chi connectivity index (χ3n) is 4.36. The molecule has 0 aliphatic heterocycles. The number of thiophene rings is 1.